The largest absolute Gasteiger partial charge is 1.00 e. The monoisotopic (exact) mass is 365 g/mol. The van der Waals surface area contributed by atoms with E-state index in [4.69, 9.17) is 9.41 Å². The molecule has 0 fully saturated rings. The van der Waals surface area contributed by atoms with E-state index in [0.717, 1.165) is 40.6 Å². The van der Waals surface area contributed by atoms with Gasteiger partial charge in [0.25, 0.3) is 0 Å². The summed E-state index contributed by atoms with van der Waals surface area (Å²) in [5.41, 5.74) is 3.18. The quantitative estimate of drug-likeness (QED) is 0.405. The number of aryl methyl sites for hydroxylation is 1. The Hall–Kier alpha value is -2.57. The third kappa shape index (κ3) is 6.06. The molecule has 0 amide bonds. The molecule has 26 heavy (non-hydrogen) atoms. The lowest BCUT2D eigenvalue weighted by Crippen LogP contribution is -2.05. The van der Waals surface area contributed by atoms with Crippen molar-refractivity contribution in [3.63, 3.8) is 0 Å². The highest BCUT2D eigenvalue weighted by molar-refractivity contribution is 6.50. The third-order valence-electron chi connectivity index (χ3n) is 3.46. The summed E-state index contributed by atoms with van der Waals surface area (Å²) in [6.45, 7) is 5.07. The first-order valence-electron chi connectivity index (χ1n) is 8.25. The molecule has 0 saturated carbocycles. The molecule has 7 heteroatoms. The molecule has 0 saturated heterocycles. The van der Waals surface area contributed by atoms with Gasteiger partial charge in [0.2, 0.25) is 0 Å². The van der Waals surface area contributed by atoms with Crippen LogP contribution in [0.15, 0.2) is 64.0 Å². The molecule has 138 valence electrons. The summed E-state index contributed by atoms with van der Waals surface area (Å²) in [7, 11) is -6.00. The van der Waals surface area contributed by atoms with Crippen molar-refractivity contribution in [2.24, 2.45) is 4.99 Å². The van der Waals surface area contributed by atoms with Crippen LogP contribution in [0.25, 0.3) is 22.3 Å². The zero-order valence-corrected chi connectivity index (χ0v) is 14.6. The maximum atomic E-state index is 9.75. The van der Waals surface area contributed by atoms with Crippen molar-refractivity contribution in [1.82, 2.24) is 0 Å². The number of halogens is 4. The summed E-state index contributed by atoms with van der Waals surface area (Å²) in [5, 5.41) is 2.10. The van der Waals surface area contributed by atoms with Crippen LogP contribution in [-0.2, 0) is 0 Å². The number of fused-ring (bicyclic) bond motifs is 1. The van der Waals surface area contributed by atoms with E-state index in [1.165, 1.54) is 5.56 Å². The zero-order valence-electron chi connectivity index (χ0n) is 15.6. The van der Waals surface area contributed by atoms with Gasteiger partial charge >= 0.3 is 8.68 Å². The van der Waals surface area contributed by atoms with Crippen LogP contribution in [0.1, 0.15) is 20.3 Å². The van der Waals surface area contributed by atoms with Crippen LogP contribution in [0.4, 0.5) is 17.3 Å². The fourth-order valence-corrected chi connectivity index (χ4v) is 2.39. The Balaban J connectivity index is 0.000000542. The van der Waals surface area contributed by atoms with Crippen molar-refractivity contribution >= 4 is 18.2 Å². The predicted molar refractivity (Wildman–Crippen MR) is 98.4 cm³/mol. The molecule has 0 radical (unpaired) electrons. The minimum absolute atomic E-state index is 0. The Morgan fingerprint density at radius 1 is 1.00 bits per heavy atom. The number of hydrogen-bond acceptors (Lipinski definition) is 2. The minimum atomic E-state index is -6.00. The SMILES string of the molecule is CCCN=c1cc(-c2ccccc2)oc2ccc(C)cc12.F[B-](F)(F)F.[H+]. The average Bonchev–Trinajstić information content (AvgIpc) is 2.59. The second-order valence-electron chi connectivity index (χ2n) is 5.74. The van der Waals surface area contributed by atoms with Crippen molar-refractivity contribution in [3.05, 3.63) is 65.5 Å². The molecule has 0 bridgehead atoms. The lowest BCUT2D eigenvalue weighted by Gasteiger charge is -2.05. The molecule has 2 aromatic carbocycles. The van der Waals surface area contributed by atoms with Crippen LogP contribution in [0.3, 0.4) is 0 Å². The van der Waals surface area contributed by atoms with Crippen LogP contribution in [-0.4, -0.2) is 13.8 Å². The molecular weight excluding hydrogens is 345 g/mol. The molecule has 3 aromatic rings. The van der Waals surface area contributed by atoms with E-state index in [-0.39, 0.29) is 1.43 Å². The van der Waals surface area contributed by atoms with E-state index in [0.29, 0.717) is 0 Å². The summed E-state index contributed by atoms with van der Waals surface area (Å²) in [5.74, 6) is 0.863. The van der Waals surface area contributed by atoms with Crippen LogP contribution in [0, 0.1) is 6.92 Å². The molecule has 0 N–H and O–H groups in total. The molecule has 0 aliphatic rings. The van der Waals surface area contributed by atoms with E-state index in [1.807, 2.05) is 30.3 Å². The highest BCUT2D eigenvalue weighted by atomic mass is 19.5. The van der Waals surface area contributed by atoms with Crippen LogP contribution < -0.4 is 5.36 Å². The van der Waals surface area contributed by atoms with Crippen molar-refractivity contribution in [2.45, 2.75) is 20.3 Å². The van der Waals surface area contributed by atoms with Gasteiger partial charge < -0.3 is 21.7 Å². The normalized spacial score (nSPS) is 12.0. The molecule has 0 aliphatic heterocycles. The first-order chi connectivity index (χ1) is 12.3. The van der Waals surface area contributed by atoms with Gasteiger partial charge in [-0.15, -0.1) is 0 Å². The topological polar surface area (TPSA) is 25.5 Å². The van der Waals surface area contributed by atoms with Crippen LogP contribution in [0.5, 0.6) is 0 Å². The molecule has 1 aromatic heterocycles. The van der Waals surface area contributed by atoms with Gasteiger partial charge in [0.1, 0.15) is 11.3 Å². The van der Waals surface area contributed by atoms with Gasteiger partial charge in [-0.05, 0) is 25.5 Å². The second-order valence-corrected chi connectivity index (χ2v) is 5.74. The van der Waals surface area contributed by atoms with Gasteiger partial charge in [-0.1, -0.05) is 48.9 Å². The van der Waals surface area contributed by atoms with Gasteiger partial charge in [-0.3, -0.25) is 4.99 Å². The molecule has 1 heterocycles. The summed E-state index contributed by atoms with van der Waals surface area (Å²) < 4.78 is 45.1. The van der Waals surface area contributed by atoms with Gasteiger partial charge in [0.15, 0.2) is 0 Å². The molecule has 3 rings (SSSR count). The van der Waals surface area contributed by atoms with Gasteiger partial charge in [-0.2, -0.15) is 0 Å². The molecular formula is C19H20BF4NO. The van der Waals surface area contributed by atoms with E-state index in [2.05, 4.69) is 38.1 Å². The maximum absolute atomic E-state index is 9.75. The minimum Gasteiger partial charge on any atom is -0.456 e. The van der Waals surface area contributed by atoms with E-state index in [9.17, 15) is 17.3 Å². The predicted octanol–water partition coefficient (Wildman–Crippen LogP) is 6.13. The Labute approximate surface area is 150 Å². The van der Waals surface area contributed by atoms with Crippen LogP contribution in [0.2, 0.25) is 0 Å². The molecule has 0 aliphatic carbocycles. The first kappa shape index (κ1) is 19.8. The van der Waals surface area contributed by atoms with Crippen molar-refractivity contribution in [3.8, 4) is 11.3 Å². The van der Waals surface area contributed by atoms with E-state index in [1.54, 1.807) is 0 Å². The van der Waals surface area contributed by atoms with Crippen molar-refractivity contribution < 1.29 is 23.1 Å². The molecule has 0 unspecified atom stereocenters. The molecule has 0 spiro atoms. The van der Waals surface area contributed by atoms with E-state index < -0.39 is 7.25 Å². The lowest BCUT2D eigenvalue weighted by atomic mass is 10.1. The van der Waals surface area contributed by atoms with Gasteiger partial charge in [0.05, 0.1) is 5.36 Å². The highest BCUT2D eigenvalue weighted by Gasteiger charge is 2.20. The third-order valence-corrected chi connectivity index (χ3v) is 3.46. The second kappa shape index (κ2) is 8.69. The first-order valence-corrected chi connectivity index (χ1v) is 8.25. The Morgan fingerprint density at radius 2 is 1.65 bits per heavy atom. The van der Waals surface area contributed by atoms with Crippen molar-refractivity contribution in [1.29, 1.82) is 0 Å². The fraction of sp³-hybridized carbons (Fsp3) is 0.211. The van der Waals surface area contributed by atoms with Crippen molar-refractivity contribution in [2.75, 3.05) is 6.54 Å². The standard InChI is InChI=1S/C19H19NO.BF4/c1-3-11-20-17-13-19(15-7-5-4-6-8-15)21-18-10-9-14(2)12-16(17)18;2-1(3,4)5/h4-10,12-13H,3,11H2,1-2H3;/q;-1/p+1. The number of nitrogens with zero attached hydrogens (tertiary/aromatic N) is 1. The van der Waals surface area contributed by atoms with Gasteiger partial charge in [-0.25, -0.2) is 0 Å². The van der Waals surface area contributed by atoms with Gasteiger partial charge in [0, 0.05) is 23.6 Å². The average molecular weight is 365 g/mol. The fourth-order valence-electron chi connectivity index (χ4n) is 2.39. The number of hydrogen-bond donors (Lipinski definition) is 0. The summed E-state index contributed by atoms with van der Waals surface area (Å²) in [6, 6.07) is 18.5. The summed E-state index contributed by atoms with van der Waals surface area (Å²) in [6.07, 6.45) is 1.04. The van der Waals surface area contributed by atoms with E-state index >= 15 is 0 Å². The Kier molecular flexibility index (Phi) is 6.61. The lowest BCUT2D eigenvalue weighted by molar-refractivity contribution is 0.368. The smallest absolute Gasteiger partial charge is 0.456 e. The highest BCUT2D eigenvalue weighted by Crippen LogP contribution is 2.22. The zero-order chi connectivity index (χ0) is 19.2. The molecule has 0 atom stereocenters. The Bertz CT molecular complexity index is 920. The summed E-state index contributed by atoms with van der Waals surface area (Å²) in [4.78, 5) is 4.72. The molecule has 2 nitrogen and oxygen atoms in total. The number of rotatable bonds is 3. The number of benzene rings is 2. The van der Waals surface area contributed by atoms with Crippen LogP contribution >= 0.6 is 0 Å². The maximum Gasteiger partial charge on any atom is 1.00 e. The Morgan fingerprint density at radius 3 is 2.27 bits per heavy atom. The summed E-state index contributed by atoms with van der Waals surface area (Å²) >= 11 is 0.